The first-order valence-electron chi connectivity index (χ1n) is 8.09. The highest BCUT2D eigenvalue weighted by molar-refractivity contribution is 5.79. The van der Waals surface area contributed by atoms with Gasteiger partial charge in [0.05, 0.1) is 18.3 Å². The molecule has 1 saturated heterocycles. The Balaban J connectivity index is 2.07. The third-order valence-electron chi connectivity index (χ3n) is 4.47. The van der Waals surface area contributed by atoms with Gasteiger partial charge < -0.3 is 5.73 Å². The second-order valence-electron chi connectivity index (χ2n) is 6.20. The van der Waals surface area contributed by atoms with Crippen LogP contribution in [0.4, 0.5) is 0 Å². The molecule has 1 aliphatic rings. The molecule has 2 rings (SSSR count). The van der Waals surface area contributed by atoms with E-state index in [2.05, 4.69) is 34.6 Å². The maximum absolute atomic E-state index is 11.8. The summed E-state index contributed by atoms with van der Waals surface area (Å²) in [6.07, 6.45) is 5.28. The van der Waals surface area contributed by atoms with E-state index in [1.165, 1.54) is 5.69 Å². The maximum atomic E-state index is 11.8. The van der Waals surface area contributed by atoms with Gasteiger partial charge in [-0.1, -0.05) is 19.8 Å². The highest BCUT2D eigenvalue weighted by Crippen LogP contribution is 2.24. The number of primary amides is 1. The van der Waals surface area contributed by atoms with E-state index in [0.29, 0.717) is 6.04 Å². The first kappa shape index (κ1) is 16.0. The van der Waals surface area contributed by atoms with E-state index in [1.807, 2.05) is 6.92 Å². The molecule has 0 unspecified atom stereocenters. The van der Waals surface area contributed by atoms with Crippen LogP contribution in [0.1, 0.15) is 50.4 Å². The molecule has 118 valence electrons. The van der Waals surface area contributed by atoms with Crippen LogP contribution in [0.5, 0.6) is 0 Å². The van der Waals surface area contributed by atoms with Crippen LogP contribution in [0.15, 0.2) is 6.07 Å². The first-order chi connectivity index (χ1) is 10.0. The number of carbonyl (C=O) groups is 1. The van der Waals surface area contributed by atoms with E-state index < -0.39 is 0 Å². The molecule has 1 aromatic heterocycles. The molecule has 0 aromatic carbocycles. The third-order valence-corrected chi connectivity index (χ3v) is 4.47. The molecule has 2 N–H and O–H groups in total. The first-order valence-corrected chi connectivity index (χ1v) is 8.09. The van der Waals surface area contributed by atoms with E-state index in [4.69, 9.17) is 5.73 Å². The van der Waals surface area contributed by atoms with Crippen LogP contribution in [0.2, 0.25) is 0 Å². The summed E-state index contributed by atoms with van der Waals surface area (Å²) in [7, 11) is 0. The van der Waals surface area contributed by atoms with Crippen LogP contribution in [0.25, 0.3) is 0 Å². The van der Waals surface area contributed by atoms with Crippen LogP contribution in [0, 0.1) is 13.8 Å². The van der Waals surface area contributed by atoms with Crippen molar-refractivity contribution >= 4 is 5.91 Å². The summed E-state index contributed by atoms with van der Waals surface area (Å²) in [5, 5.41) is 4.55. The molecule has 5 heteroatoms. The van der Waals surface area contributed by atoms with Crippen LogP contribution in [-0.2, 0) is 11.3 Å². The fraction of sp³-hybridized carbons (Fsp3) is 0.750. The van der Waals surface area contributed by atoms with E-state index in [0.717, 1.165) is 50.9 Å². The molecule has 0 bridgehead atoms. The molecular formula is C16H28N4O. The minimum absolute atomic E-state index is 0.116. The topological polar surface area (TPSA) is 64.2 Å². The fourth-order valence-electron chi connectivity index (χ4n) is 3.39. The van der Waals surface area contributed by atoms with Crippen LogP contribution in [0.3, 0.4) is 0 Å². The summed E-state index contributed by atoms with van der Waals surface area (Å²) >= 11 is 0. The lowest BCUT2D eigenvalue weighted by atomic mass is 10.1. The number of nitrogens with two attached hydrogens (primary N) is 1. The number of aryl methyl sites for hydroxylation is 2. The Bertz CT molecular complexity index is 483. The molecule has 1 fully saturated rings. The Morgan fingerprint density at radius 2 is 2.29 bits per heavy atom. The monoisotopic (exact) mass is 292 g/mol. The lowest BCUT2D eigenvalue weighted by Crippen LogP contribution is -2.48. The minimum atomic E-state index is -0.177. The average Bonchev–Trinajstić information content (AvgIpc) is 2.98. The lowest BCUT2D eigenvalue weighted by Gasteiger charge is -2.31. The molecule has 1 amide bonds. The molecule has 21 heavy (non-hydrogen) atoms. The standard InChI is InChI=1S/C16H28N4O/c1-4-5-8-15(16(17)21)19-9-6-7-14(19)11-20-13(3)10-12(2)18-20/h10,14-15H,4-9,11H2,1-3H3,(H2,17,21)/t14-,15-/m0/s1. The zero-order valence-corrected chi connectivity index (χ0v) is 13.5. The normalized spacial score (nSPS) is 20.8. The second kappa shape index (κ2) is 7.07. The molecule has 1 aromatic rings. The van der Waals surface area contributed by atoms with Gasteiger partial charge in [0.1, 0.15) is 0 Å². The number of hydrogen-bond donors (Lipinski definition) is 1. The third kappa shape index (κ3) is 3.84. The molecule has 0 saturated carbocycles. The van der Waals surface area contributed by atoms with Crippen LogP contribution < -0.4 is 5.73 Å². The van der Waals surface area contributed by atoms with Gasteiger partial charge in [-0.05, 0) is 45.7 Å². The second-order valence-corrected chi connectivity index (χ2v) is 6.20. The molecular weight excluding hydrogens is 264 g/mol. The summed E-state index contributed by atoms with van der Waals surface area (Å²) in [6.45, 7) is 8.08. The highest BCUT2D eigenvalue weighted by Gasteiger charge is 2.33. The maximum Gasteiger partial charge on any atom is 0.234 e. The predicted octanol–water partition coefficient (Wildman–Crippen LogP) is 2.01. The number of unbranched alkanes of at least 4 members (excludes halogenated alkanes) is 1. The van der Waals surface area contributed by atoms with E-state index in [1.54, 1.807) is 0 Å². The number of rotatable bonds is 7. The summed E-state index contributed by atoms with van der Waals surface area (Å²) in [5.74, 6) is -0.177. The quantitative estimate of drug-likeness (QED) is 0.836. The molecule has 1 aliphatic heterocycles. The van der Waals surface area contributed by atoms with Crippen molar-refractivity contribution in [2.75, 3.05) is 6.54 Å². The molecule has 0 aliphatic carbocycles. The van der Waals surface area contributed by atoms with Crippen molar-refractivity contribution in [2.24, 2.45) is 5.73 Å². The summed E-state index contributed by atoms with van der Waals surface area (Å²) in [4.78, 5) is 14.1. The van der Waals surface area contributed by atoms with Crippen molar-refractivity contribution in [3.63, 3.8) is 0 Å². The number of amides is 1. The molecule has 5 nitrogen and oxygen atoms in total. The average molecular weight is 292 g/mol. The van der Waals surface area contributed by atoms with E-state index in [-0.39, 0.29) is 11.9 Å². The zero-order valence-electron chi connectivity index (χ0n) is 13.5. The van der Waals surface area contributed by atoms with Gasteiger partial charge in [0.2, 0.25) is 5.91 Å². The molecule has 0 radical (unpaired) electrons. The molecule has 2 atom stereocenters. The SMILES string of the molecule is CCCC[C@@H](C(N)=O)N1CCC[C@H]1Cn1nc(C)cc1C. The minimum Gasteiger partial charge on any atom is -0.368 e. The Kier molecular flexibility index (Phi) is 5.39. The Morgan fingerprint density at radius 3 is 2.86 bits per heavy atom. The van der Waals surface area contributed by atoms with Crippen molar-refractivity contribution in [1.29, 1.82) is 0 Å². The van der Waals surface area contributed by atoms with Crippen molar-refractivity contribution in [3.8, 4) is 0 Å². The lowest BCUT2D eigenvalue weighted by molar-refractivity contribution is -0.124. The summed E-state index contributed by atoms with van der Waals surface area (Å²) < 4.78 is 2.07. The number of hydrogen-bond acceptors (Lipinski definition) is 3. The Hall–Kier alpha value is -1.36. The zero-order chi connectivity index (χ0) is 15.4. The number of aromatic nitrogens is 2. The molecule has 2 heterocycles. The van der Waals surface area contributed by atoms with Crippen LogP contribution in [-0.4, -0.2) is 39.2 Å². The van der Waals surface area contributed by atoms with E-state index in [9.17, 15) is 4.79 Å². The van der Waals surface area contributed by atoms with Crippen molar-refractivity contribution in [1.82, 2.24) is 14.7 Å². The van der Waals surface area contributed by atoms with Gasteiger partial charge in [0.15, 0.2) is 0 Å². The number of nitrogens with zero attached hydrogens (tertiary/aromatic N) is 3. The van der Waals surface area contributed by atoms with E-state index >= 15 is 0 Å². The Morgan fingerprint density at radius 1 is 1.52 bits per heavy atom. The van der Waals surface area contributed by atoms with Gasteiger partial charge >= 0.3 is 0 Å². The highest BCUT2D eigenvalue weighted by atomic mass is 16.1. The van der Waals surface area contributed by atoms with Gasteiger partial charge in [0.25, 0.3) is 0 Å². The van der Waals surface area contributed by atoms with Gasteiger partial charge in [-0.15, -0.1) is 0 Å². The van der Waals surface area contributed by atoms with Crippen molar-refractivity contribution in [3.05, 3.63) is 17.5 Å². The van der Waals surface area contributed by atoms with Gasteiger partial charge in [-0.25, -0.2) is 0 Å². The number of likely N-dealkylation sites (tertiary alicyclic amines) is 1. The number of carbonyl (C=O) groups excluding carboxylic acids is 1. The van der Waals surface area contributed by atoms with Crippen molar-refractivity contribution in [2.45, 2.75) is 71.5 Å². The van der Waals surface area contributed by atoms with Gasteiger partial charge in [-0.2, -0.15) is 5.10 Å². The Labute approximate surface area is 127 Å². The van der Waals surface area contributed by atoms with Crippen LogP contribution >= 0.6 is 0 Å². The summed E-state index contributed by atoms with van der Waals surface area (Å²) in [5.41, 5.74) is 7.88. The predicted molar refractivity (Wildman–Crippen MR) is 83.9 cm³/mol. The van der Waals surface area contributed by atoms with Crippen molar-refractivity contribution < 1.29 is 4.79 Å². The summed E-state index contributed by atoms with van der Waals surface area (Å²) in [6, 6.07) is 2.36. The fourth-order valence-corrected chi connectivity index (χ4v) is 3.39. The largest absolute Gasteiger partial charge is 0.368 e. The molecule has 0 spiro atoms. The van der Waals surface area contributed by atoms with Gasteiger partial charge in [-0.3, -0.25) is 14.4 Å². The smallest absolute Gasteiger partial charge is 0.234 e. The van der Waals surface area contributed by atoms with Gasteiger partial charge in [0, 0.05) is 11.7 Å².